The third-order valence-electron chi connectivity index (χ3n) is 2.68. The van der Waals surface area contributed by atoms with Gasteiger partial charge in [-0.05, 0) is 36.8 Å². The van der Waals surface area contributed by atoms with Gasteiger partial charge in [0.15, 0.2) is 9.84 Å². The maximum Gasteiger partial charge on any atom is 0.182 e. The predicted molar refractivity (Wildman–Crippen MR) is 72.9 cm³/mol. The maximum atomic E-state index is 12.2. The number of sulfone groups is 1. The number of nitrogen functional groups attached to an aromatic ring is 1. The Balaban J connectivity index is 2.30. The molecule has 18 heavy (non-hydrogen) atoms. The van der Waals surface area contributed by atoms with Crippen LogP contribution in [0.5, 0.6) is 0 Å². The lowest BCUT2D eigenvalue weighted by atomic mass is 10.2. The number of anilines is 1. The molecule has 0 aliphatic heterocycles. The van der Waals surface area contributed by atoms with Crippen LogP contribution < -0.4 is 5.73 Å². The van der Waals surface area contributed by atoms with Crippen LogP contribution in [0, 0.1) is 6.92 Å². The van der Waals surface area contributed by atoms with Crippen LogP contribution >= 0.6 is 0 Å². The zero-order chi connectivity index (χ0) is 13.2. The first kappa shape index (κ1) is 12.6. The van der Waals surface area contributed by atoms with E-state index >= 15 is 0 Å². The van der Waals surface area contributed by atoms with Crippen molar-refractivity contribution in [1.29, 1.82) is 0 Å². The highest BCUT2D eigenvalue weighted by molar-refractivity contribution is 7.90. The van der Waals surface area contributed by atoms with Crippen molar-refractivity contribution in [2.75, 3.05) is 5.73 Å². The molecule has 0 heterocycles. The van der Waals surface area contributed by atoms with Crippen molar-refractivity contribution in [2.24, 2.45) is 0 Å². The van der Waals surface area contributed by atoms with Gasteiger partial charge in [-0.25, -0.2) is 8.42 Å². The molecule has 2 N–H and O–H groups in total. The second-order valence-electron chi connectivity index (χ2n) is 4.32. The van der Waals surface area contributed by atoms with Crippen molar-refractivity contribution in [3.63, 3.8) is 0 Å². The molecule has 0 radical (unpaired) electrons. The van der Waals surface area contributed by atoms with E-state index in [1.54, 1.807) is 24.3 Å². The number of aryl methyl sites for hydroxylation is 1. The molecular formula is C14H15NO2S. The quantitative estimate of drug-likeness (QED) is 0.864. The van der Waals surface area contributed by atoms with Crippen molar-refractivity contribution in [2.45, 2.75) is 17.6 Å². The van der Waals surface area contributed by atoms with Crippen molar-refractivity contribution in [1.82, 2.24) is 0 Å². The molecule has 2 rings (SSSR count). The molecule has 4 heteroatoms. The Bertz CT molecular complexity index is 646. The molecule has 0 atom stereocenters. The van der Waals surface area contributed by atoms with E-state index in [2.05, 4.69) is 0 Å². The monoisotopic (exact) mass is 261 g/mol. The predicted octanol–water partition coefficient (Wildman–Crippen LogP) is 2.55. The standard InChI is InChI=1S/C14H15NO2S/c1-11-3-2-4-12(9-11)10-18(16,17)14-7-5-13(15)6-8-14/h2-9H,10,15H2,1H3. The van der Waals surface area contributed by atoms with Crippen LogP contribution in [0.4, 0.5) is 5.69 Å². The molecule has 0 aromatic heterocycles. The minimum absolute atomic E-state index is 0.0125. The van der Waals surface area contributed by atoms with E-state index in [4.69, 9.17) is 5.73 Å². The molecule has 0 aliphatic rings. The first-order chi connectivity index (χ1) is 8.47. The van der Waals surface area contributed by atoms with Crippen molar-refractivity contribution in [3.8, 4) is 0 Å². The van der Waals surface area contributed by atoms with Gasteiger partial charge in [-0.15, -0.1) is 0 Å². The van der Waals surface area contributed by atoms with Crippen LogP contribution in [0.25, 0.3) is 0 Å². The van der Waals surface area contributed by atoms with Crippen molar-refractivity contribution >= 4 is 15.5 Å². The third-order valence-corrected chi connectivity index (χ3v) is 4.38. The smallest absolute Gasteiger partial charge is 0.182 e. The van der Waals surface area contributed by atoms with Crippen LogP contribution in [-0.4, -0.2) is 8.42 Å². The summed E-state index contributed by atoms with van der Waals surface area (Å²) in [5.74, 6) is 0.0125. The molecule has 0 aliphatic carbocycles. The zero-order valence-corrected chi connectivity index (χ0v) is 10.9. The normalized spacial score (nSPS) is 11.4. The molecule has 0 saturated carbocycles. The van der Waals surface area contributed by atoms with Gasteiger partial charge in [0.25, 0.3) is 0 Å². The molecule has 0 fully saturated rings. The average Bonchev–Trinajstić information content (AvgIpc) is 2.29. The van der Waals surface area contributed by atoms with Gasteiger partial charge in [0.1, 0.15) is 0 Å². The lowest BCUT2D eigenvalue weighted by Gasteiger charge is -2.05. The van der Waals surface area contributed by atoms with Crippen molar-refractivity contribution < 1.29 is 8.42 Å². The van der Waals surface area contributed by atoms with E-state index in [0.29, 0.717) is 10.6 Å². The Morgan fingerprint density at radius 3 is 2.33 bits per heavy atom. The molecule has 0 amide bonds. The summed E-state index contributed by atoms with van der Waals surface area (Å²) < 4.78 is 24.4. The molecule has 2 aromatic rings. The highest BCUT2D eigenvalue weighted by Gasteiger charge is 2.14. The molecule has 0 unspecified atom stereocenters. The summed E-state index contributed by atoms with van der Waals surface area (Å²) in [4.78, 5) is 0.304. The number of hydrogen-bond donors (Lipinski definition) is 1. The fraction of sp³-hybridized carbons (Fsp3) is 0.143. The Kier molecular flexibility index (Phi) is 3.39. The molecule has 0 saturated heterocycles. The zero-order valence-electron chi connectivity index (χ0n) is 10.1. The van der Waals surface area contributed by atoms with E-state index in [1.165, 1.54) is 0 Å². The topological polar surface area (TPSA) is 60.2 Å². The minimum Gasteiger partial charge on any atom is -0.399 e. The third kappa shape index (κ3) is 2.90. The maximum absolute atomic E-state index is 12.2. The summed E-state index contributed by atoms with van der Waals surface area (Å²) in [6.07, 6.45) is 0. The number of hydrogen-bond acceptors (Lipinski definition) is 3. The fourth-order valence-electron chi connectivity index (χ4n) is 1.78. The van der Waals surface area contributed by atoms with Crippen LogP contribution in [0.3, 0.4) is 0 Å². The summed E-state index contributed by atoms with van der Waals surface area (Å²) >= 11 is 0. The summed E-state index contributed by atoms with van der Waals surface area (Å²) in [6, 6.07) is 13.8. The lowest BCUT2D eigenvalue weighted by molar-refractivity contribution is 0.595. The number of nitrogens with two attached hydrogens (primary N) is 1. The Hall–Kier alpha value is -1.81. The molecule has 0 bridgehead atoms. The van der Waals surface area contributed by atoms with Gasteiger partial charge in [0.2, 0.25) is 0 Å². The number of benzene rings is 2. The van der Waals surface area contributed by atoms with Crippen LogP contribution in [0.2, 0.25) is 0 Å². The van der Waals surface area contributed by atoms with E-state index in [1.807, 2.05) is 31.2 Å². The minimum atomic E-state index is -3.30. The summed E-state index contributed by atoms with van der Waals surface area (Å²) in [5, 5.41) is 0. The second-order valence-corrected chi connectivity index (χ2v) is 6.31. The van der Waals surface area contributed by atoms with E-state index in [0.717, 1.165) is 11.1 Å². The first-order valence-corrected chi connectivity index (χ1v) is 7.26. The number of rotatable bonds is 3. The largest absolute Gasteiger partial charge is 0.399 e. The van der Waals surface area contributed by atoms with Crippen molar-refractivity contribution in [3.05, 3.63) is 59.7 Å². The van der Waals surface area contributed by atoms with Crippen LogP contribution in [0.1, 0.15) is 11.1 Å². The van der Waals surface area contributed by atoms with Gasteiger partial charge in [0.05, 0.1) is 10.6 Å². The van der Waals surface area contributed by atoms with Gasteiger partial charge in [0, 0.05) is 5.69 Å². The molecule has 2 aromatic carbocycles. The van der Waals surface area contributed by atoms with Crippen LogP contribution in [-0.2, 0) is 15.6 Å². The first-order valence-electron chi connectivity index (χ1n) is 5.61. The summed E-state index contributed by atoms with van der Waals surface area (Å²) in [6.45, 7) is 1.94. The highest BCUT2D eigenvalue weighted by atomic mass is 32.2. The van der Waals surface area contributed by atoms with Gasteiger partial charge < -0.3 is 5.73 Å². The molecular weight excluding hydrogens is 246 g/mol. The van der Waals surface area contributed by atoms with Gasteiger partial charge in [-0.1, -0.05) is 29.8 Å². The molecule has 3 nitrogen and oxygen atoms in total. The summed E-state index contributed by atoms with van der Waals surface area (Å²) in [5.41, 5.74) is 7.96. The van der Waals surface area contributed by atoms with E-state index in [-0.39, 0.29) is 5.75 Å². The second kappa shape index (κ2) is 4.82. The van der Waals surface area contributed by atoms with Gasteiger partial charge in [-0.2, -0.15) is 0 Å². The summed E-state index contributed by atoms with van der Waals surface area (Å²) in [7, 11) is -3.30. The Morgan fingerprint density at radius 2 is 1.72 bits per heavy atom. The van der Waals surface area contributed by atoms with E-state index in [9.17, 15) is 8.42 Å². The van der Waals surface area contributed by atoms with Gasteiger partial charge in [-0.3, -0.25) is 0 Å². The SMILES string of the molecule is Cc1cccc(CS(=O)(=O)c2ccc(N)cc2)c1. The Morgan fingerprint density at radius 1 is 1.06 bits per heavy atom. The highest BCUT2D eigenvalue weighted by Crippen LogP contribution is 2.18. The van der Waals surface area contributed by atoms with Crippen LogP contribution in [0.15, 0.2) is 53.4 Å². The fourth-order valence-corrected chi connectivity index (χ4v) is 3.12. The van der Waals surface area contributed by atoms with Gasteiger partial charge >= 0.3 is 0 Å². The Labute approximate surface area is 107 Å². The lowest BCUT2D eigenvalue weighted by Crippen LogP contribution is -2.05. The molecule has 0 spiro atoms. The average molecular weight is 261 g/mol. The molecule has 94 valence electrons. The van der Waals surface area contributed by atoms with E-state index < -0.39 is 9.84 Å².